The molecule has 4 nitrogen and oxygen atoms in total. The molecule has 0 spiro atoms. The smallest absolute Gasteiger partial charge is 0.338 e. The number of esters is 2. The van der Waals surface area contributed by atoms with Gasteiger partial charge in [-0.2, -0.15) is 0 Å². The summed E-state index contributed by atoms with van der Waals surface area (Å²) in [4.78, 5) is 23.1. The van der Waals surface area contributed by atoms with Crippen molar-refractivity contribution in [3.63, 3.8) is 0 Å². The van der Waals surface area contributed by atoms with Crippen molar-refractivity contribution in [1.82, 2.24) is 0 Å². The van der Waals surface area contributed by atoms with Crippen molar-refractivity contribution in [2.45, 2.75) is 6.42 Å². The normalized spacial score (nSPS) is 13.8. The van der Waals surface area contributed by atoms with Crippen LogP contribution in [0.4, 0.5) is 0 Å². The number of methoxy groups -OCH3 is 2. The number of allylic oxidation sites excluding steroid dienone is 3. The van der Waals surface area contributed by atoms with Crippen LogP contribution in [0, 0.1) is 0 Å². The quantitative estimate of drug-likeness (QED) is 0.484. The zero-order chi connectivity index (χ0) is 15.2. The van der Waals surface area contributed by atoms with Gasteiger partial charge >= 0.3 is 11.9 Å². The van der Waals surface area contributed by atoms with Gasteiger partial charge in [-0.25, -0.2) is 9.59 Å². The Kier molecular flexibility index (Phi) is 4.72. The van der Waals surface area contributed by atoms with Gasteiger partial charge in [0.15, 0.2) is 0 Å². The van der Waals surface area contributed by atoms with Gasteiger partial charge in [0.1, 0.15) is 0 Å². The number of benzene rings is 1. The second-order valence-electron chi connectivity index (χ2n) is 4.43. The standard InChI is InChI=1S/C17H16O4/c1-20-16(18)9-5-8-15(17(19)21-2)14-11-10-12-6-3-4-7-13(12)14/h3-9,11H,10H2,1-2H3/b9-5-,15-8+. The maximum absolute atomic E-state index is 12.0. The summed E-state index contributed by atoms with van der Waals surface area (Å²) in [5.41, 5.74) is 3.43. The molecule has 0 fully saturated rings. The summed E-state index contributed by atoms with van der Waals surface area (Å²) in [7, 11) is 2.63. The average Bonchev–Trinajstić information content (AvgIpc) is 2.94. The van der Waals surface area contributed by atoms with E-state index in [0.717, 1.165) is 17.6 Å². The van der Waals surface area contributed by atoms with Crippen molar-refractivity contribution < 1.29 is 19.1 Å². The van der Waals surface area contributed by atoms with E-state index < -0.39 is 11.9 Å². The molecule has 0 radical (unpaired) electrons. The molecule has 21 heavy (non-hydrogen) atoms. The first kappa shape index (κ1) is 14.8. The molecule has 1 aliphatic rings. The highest BCUT2D eigenvalue weighted by molar-refractivity contribution is 6.08. The zero-order valence-electron chi connectivity index (χ0n) is 12.0. The molecule has 0 aromatic heterocycles. The van der Waals surface area contributed by atoms with E-state index in [2.05, 4.69) is 4.74 Å². The van der Waals surface area contributed by atoms with Gasteiger partial charge in [-0.05, 0) is 29.2 Å². The Morgan fingerprint density at radius 3 is 2.62 bits per heavy atom. The number of hydrogen-bond donors (Lipinski definition) is 0. The van der Waals surface area contributed by atoms with Gasteiger partial charge in [0, 0.05) is 6.08 Å². The fraction of sp³-hybridized carbons (Fsp3) is 0.176. The molecule has 2 rings (SSSR count). The number of fused-ring (bicyclic) bond motifs is 1. The summed E-state index contributed by atoms with van der Waals surface area (Å²) < 4.78 is 9.34. The Morgan fingerprint density at radius 2 is 1.90 bits per heavy atom. The first-order valence-corrected chi connectivity index (χ1v) is 6.50. The second kappa shape index (κ2) is 6.70. The maximum Gasteiger partial charge on any atom is 0.338 e. The van der Waals surface area contributed by atoms with E-state index in [9.17, 15) is 9.59 Å². The lowest BCUT2D eigenvalue weighted by atomic mass is 9.99. The van der Waals surface area contributed by atoms with E-state index in [1.165, 1.54) is 31.9 Å². The summed E-state index contributed by atoms with van der Waals surface area (Å²) in [6.07, 6.45) is 7.07. The van der Waals surface area contributed by atoms with Crippen LogP contribution in [0.3, 0.4) is 0 Å². The van der Waals surface area contributed by atoms with Crippen LogP contribution >= 0.6 is 0 Å². The zero-order valence-corrected chi connectivity index (χ0v) is 12.0. The predicted molar refractivity (Wildman–Crippen MR) is 79.4 cm³/mol. The first-order chi connectivity index (χ1) is 10.2. The van der Waals surface area contributed by atoms with Gasteiger partial charge < -0.3 is 9.47 Å². The number of rotatable bonds is 4. The lowest BCUT2D eigenvalue weighted by Gasteiger charge is -2.08. The van der Waals surface area contributed by atoms with Gasteiger partial charge in [-0.1, -0.05) is 36.4 Å². The van der Waals surface area contributed by atoms with Crippen LogP contribution in [-0.4, -0.2) is 26.2 Å². The van der Waals surface area contributed by atoms with Gasteiger partial charge in [0.25, 0.3) is 0 Å². The van der Waals surface area contributed by atoms with Gasteiger partial charge in [-0.3, -0.25) is 0 Å². The monoisotopic (exact) mass is 284 g/mol. The maximum atomic E-state index is 12.0. The Morgan fingerprint density at radius 1 is 1.14 bits per heavy atom. The SMILES string of the molecule is COC(=O)/C=C\C=C(\C(=O)OC)C1=CCc2ccccc21. The third-order valence-electron chi connectivity index (χ3n) is 3.23. The summed E-state index contributed by atoms with van der Waals surface area (Å²) >= 11 is 0. The van der Waals surface area contributed by atoms with Crippen LogP contribution in [0.2, 0.25) is 0 Å². The first-order valence-electron chi connectivity index (χ1n) is 6.50. The van der Waals surface area contributed by atoms with E-state index in [-0.39, 0.29) is 0 Å². The molecular weight excluding hydrogens is 268 g/mol. The van der Waals surface area contributed by atoms with Crippen molar-refractivity contribution in [3.8, 4) is 0 Å². The molecule has 0 saturated carbocycles. The van der Waals surface area contributed by atoms with E-state index in [4.69, 9.17) is 4.74 Å². The fourth-order valence-corrected chi connectivity index (χ4v) is 2.21. The molecule has 108 valence electrons. The number of ether oxygens (including phenoxy) is 2. The molecule has 0 saturated heterocycles. The van der Waals surface area contributed by atoms with E-state index in [1.54, 1.807) is 6.08 Å². The van der Waals surface area contributed by atoms with Crippen molar-refractivity contribution >= 4 is 17.5 Å². The minimum Gasteiger partial charge on any atom is -0.466 e. The highest BCUT2D eigenvalue weighted by Gasteiger charge is 2.21. The van der Waals surface area contributed by atoms with Crippen molar-refractivity contribution in [2.24, 2.45) is 0 Å². The van der Waals surface area contributed by atoms with Gasteiger partial charge in [0.2, 0.25) is 0 Å². The van der Waals surface area contributed by atoms with Crippen LogP contribution in [0.1, 0.15) is 11.1 Å². The molecular formula is C17H16O4. The lowest BCUT2D eigenvalue weighted by molar-refractivity contribution is -0.136. The molecule has 1 aromatic rings. The Hall–Kier alpha value is -2.62. The topological polar surface area (TPSA) is 52.6 Å². The third kappa shape index (κ3) is 3.28. The lowest BCUT2D eigenvalue weighted by Crippen LogP contribution is -2.06. The summed E-state index contributed by atoms with van der Waals surface area (Å²) in [5, 5.41) is 0. The Bertz CT molecular complexity index is 651. The van der Waals surface area contributed by atoms with E-state index in [1.807, 2.05) is 30.3 Å². The number of hydrogen-bond acceptors (Lipinski definition) is 4. The molecule has 4 heteroatoms. The molecule has 0 amide bonds. The van der Waals surface area contributed by atoms with Crippen LogP contribution < -0.4 is 0 Å². The third-order valence-corrected chi connectivity index (χ3v) is 3.23. The van der Waals surface area contributed by atoms with Crippen LogP contribution in [0.5, 0.6) is 0 Å². The molecule has 1 aliphatic carbocycles. The molecule has 0 aliphatic heterocycles. The summed E-state index contributed by atoms with van der Waals surface area (Å²) in [6, 6.07) is 7.89. The number of carbonyl (C=O) groups excluding carboxylic acids is 2. The molecule has 0 unspecified atom stereocenters. The average molecular weight is 284 g/mol. The van der Waals surface area contributed by atoms with Gasteiger partial charge in [-0.15, -0.1) is 0 Å². The van der Waals surface area contributed by atoms with Crippen LogP contribution in [0.15, 0.2) is 54.1 Å². The van der Waals surface area contributed by atoms with Crippen molar-refractivity contribution in [2.75, 3.05) is 14.2 Å². The number of carbonyl (C=O) groups is 2. The van der Waals surface area contributed by atoms with Gasteiger partial charge in [0.05, 0.1) is 19.8 Å². The summed E-state index contributed by atoms with van der Waals surface area (Å²) in [5.74, 6) is -0.913. The molecule has 0 N–H and O–H groups in total. The van der Waals surface area contributed by atoms with Crippen LogP contribution in [0.25, 0.3) is 5.57 Å². The van der Waals surface area contributed by atoms with Crippen LogP contribution in [-0.2, 0) is 25.5 Å². The molecule has 0 heterocycles. The van der Waals surface area contributed by atoms with Crippen molar-refractivity contribution in [3.05, 3.63) is 65.3 Å². The largest absolute Gasteiger partial charge is 0.466 e. The molecule has 0 atom stereocenters. The Balaban J connectivity index is 2.35. The second-order valence-corrected chi connectivity index (χ2v) is 4.43. The van der Waals surface area contributed by atoms with Crippen molar-refractivity contribution in [1.29, 1.82) is 0 Å². The fourth-order valence-electron chi connectivity index (χ4n) is 2.21. The predicted octanol–water partition coefficient (Wildman–Crippen LogP) is 2.45. The van der Waals surface area contributed by atoms with E-state index >= 15 is 0 Å². The molecule has 0 bridgehead atoms. The van der Waals surface area contributed by atoms with E-state index in [0.29, 0.717) is 5.57 Å². The minimum absolute atomic E-state index is 0.419. The minimum atomic E-state index is -0.476. The highest BCUT2D eigenvalue weighted by Crippen LogP contribution is 2.33. The summed E-state index contributed by atoms with van der Waals surface area (Å²) in [6.45, 7) is 0. The Labute approximate surface area is 123 Å². The molecule has 1 aromatic carbocycles. The highest BCUT2D eigenvalue weighted by atomic mass is 16.5.